The molecule has 1 aromatic carbocycles. The van der Waals surface area contributed by atoms with E-state index in [4.69, 9.17) is 0 Å². The molecule has 1 aromatic heterocycles. The Kier molecular flexibility index (Phi) is 3.95. The first-order valence-electron chi connectivity index (χ1n) is 6.14. The summed E-state index contributed by atoms with van der Waals surface area (Å²) in [5, 5.41) is 13.8. The number of halogens is 1. The van der Waals surface area contributed by atoms with E-state index < -0.39 is 0 Å². The number of fused-ring (bicyclic) bond motifs is 1. The van der Waals surface area contributed by atoms with Crippen molar-refractivity contribution in [2.24, 2.45) is 5.41 Å². The molecule has 0 radical (unpaired) electrons. The summed E-state index contributed by atoms with van der Waals surface area (Å²) in [6, 6.07) is 10.2. The van der Waals surface area contributed by atoms with Gasteiger partial charge in [0.15, 0.2) is 0 Å². The van der Waals surface area contributed by atoms with Crippen LogP contribution in [0.5, 0.6) is 0 Å². The van der Waals surface area contributed by atoms with E-state index in [0.717, 1.165) is 26.8 Å². The number of rotatable bonds is 2. The number of para-hydroxylation sites is 1. The van der Waals surface area contributed by atoms with Crippen LogP contribution >= 0.6 is 22.6 Å². The van der Waals surface area contributed by atoms with Crippen molar-refractivity contribution in [1.29, 1.82) is 5.26 Å². The molecular weight excluding hydrogens is 349 g/mol. The van der Waals surface area contributed by atoms with E-state index in [1.165, 1.54) is 0 Å². The van der Waals surface area contributed by atoms with E-state index in [0.29, 0.717) is 5.56 Å². The van der Waals surface area contributed by atoms with Crippen molar-refractivity contribution in [3.05, 3.63) is 33.5 Å². The monoisotopic (exact) mass is 365 g/mol. The molecule has 2 aromatic rings. The maximum atomic E-state index is 9.35. The zero-order valence-electron chi connectivity index (χ0n) is 11.3. The van der Waals surface area contributed by atoms with Crippen LogP contribution < -0.4 is 5.32 Å². The Morgan fingerprint density at radius 2 is 2.00 bits per heavy atom. The van der Waals surface area contributed by atoms with Crippen molar-refractivity contribution < 1.29 is 0 Å². The zero-order chi connectivity index (χ0) is 14.0. The smallest absolute Gasteiger partial charge is 0.121 e. The fourth-order valence-electron chi connectivity index (χ4n) is 1.82. The standard InChI is InChI=1S/C15H16IN3/c1-15(2,3)9-18-13-10-6-4-5-7-12(10)19-14(16)11(13)8-17/h4-7H,9H2,1-3H3,(H,18,19). The first kappa shape index (κ1) is 14.1. The molecule has 98 valence electrons. The fourth-order valence-corrected chi connectivity index (χ4v) is 2.47. The molecule has 0 saturated heterocycles. The second-order valence-corrected chi connectivity index (χ2v) is 6.72. The topological polar surface area (TPSA) is 48.7 Å². The third kappa shape index (κ3) is 3.16. The van der Waals surface area contributed by atoms with Gasteiger partial charge in [-0.2, -0.15) is 5.26 Å². The number of nitriles is 1. The fraction of sp³-hybridized carbons (Fsp3) is 0.333. The molecule has 0 aliphatic carbocycles. The van der Waals surface area contributed by atoms with Crippen LogP contribution in [0.3, 0.4) is 0 Å². The minimum Gasteiger partial charge on any atom is -0.383 e. The molecule has 0 aliphatic heterocycles. The summed E-state index contributed by atoms with van der Waals surface area (Å²) >= 11 is 2.12. The number of benzene rings is 1. The number of nitrogens with one attached hydrogen (secondary N) is 1. The van der Waals surface area contributed by atoms with Crippen LogP contribution in [0.1, 0.15) is 26.3 Å². The van der Waals surface area contributed by atoms with Gasteiger partial charge in [0.2, 0.25) is 0 Å². The van der Waals surface area contributed by atoms with Crippen LogP contribution in [0.25, 0.3) is 10.9 Å². The molecule has 0 saturated carbocycles. The highest BCUT2D eigenvalue weighted by molar-refractivity contribution is 14.1. The van der Waals surface area contributed by atoms with Crippen molar-refractivity contribution in [3.8, 4) is 6.07 Å². The second-order valence-electron chi connectivity index (χ2n) is 5.70. The van der Waals surface area contributed by atoms with Gasteiger partial charge in [0.25, 0.3) is 0 Å². The second kappa shape index (κ2) is 5.33. The van der Waals surface area contributed by atoms with E-state index in [1.807, 2.05) is 24.3 Å². The molecule has 2 rings (SSSR count). The van der Waals surface area contributed by atoms with Gasteiger partial charge in [-0.3, -0.25) is 0 Å². The Bertz CT molecular complexity index is 651. The number of nitrogens with zero attached hydrogens (tertiary/aromatic N) is 2. The van der Waals surface area contributed by atoms with Crippen molar-refractivity contribution in [2.75, 3.05) is 11.9 Å². The molecule has 0 spiro atoms. The van der Waals surface area contributed by atoms with Crippen LogP contribution in [-0.4, -0.2) is 11.5 Å². The molecule has 0 amide bonds. The molecule has 4 heteroatoms. The number of hydrogen-bond donors (Lipinski definition) is 1. The van der Waals surface area contributed by atoms with Gasteiger partial charge < -0.3 is 5.32 Å². The van der Waals surface area contributed by atoms with Crippen LogP contribution in [0.2, 0.25) is 0 Å². The first-order chi connectivity index (χ1) is 8.92. The van der Waals surface area contributed by atoms with Gasteiger partial charge in [-0.25, -0.2) is 4.98 Å². The normalized spacial score (nSPS) is 11.3. The molecule has 3 nitrogen and oxygen atoms in total. The molecular formula is C15H16IN3. The molecule has 0 unspecified atom stereocenters. The van der Waals surface area contributed by atoms with Gasteiger partial charge in [-0.15, -0.1) is 0 Å². The van der Waals surface area contributed by atoms with Crippen molar-refractivity contribution >= 4 is 39.2 Å². The highest BCUT2D eigenvalue weighted by Crippen LogP contribution is 2.29. The van der Waals surface area contributed by atoms with E-state index in [2.05, 4.69) is 59.7 Å². The van der Waals surface area contributed by atoms with Crippen LogP contribution in [0.4, 0.5) is 5.69 Å². The lowest BCUT2D eigenvalue weighted by Crippen LogP contribution is -2.20. The van der Waals surface area contributed by atoms with Gasteiger partial charge in [0.1, 0.15) is 15.3 Å². The van der Waals surface area contributed by atoms with Gasteiger partial charge >= 0.3 is 0 Å². The predicted molar refractivity (Wildman–Crippen MR) is 87.1 cm³/mol. The third-order valence-corrected chi connectivity index (χ3v) is 3.54. The highest BCUT2D eigenvalue weighted by Gasteiger charge is 2.16. The van der Waals surface area contributed by atoms with E-state index in [1.54, 1.807) is 0 Å². The van der Waals surface area contributed by atoms with Crippen molar-refractivity contribution in [2.45, 2.75) is 20.8 Å². The highest BCUT2D eigenvalue weighted by atomic mass is 127. The maximum Gasteiger partial charge on any atom is 0.121 e. The average Bonchev–Trinajstić information content (AvgIpc) is 2.34. The van der Waals surface area contributed by atoms with Crippen LogP contribution in [-0.2, 0) is 0 Å². The quantitative estimate of drug-likeness (QED) is 0.642. The number of anilines is 1. The van der Waals surface area contributed by atoms with Crippen LogP contribution in [0, 0.1) is 20.4 Å². The van der Waals surface area contributed by atoms with Gasteiger partial charge in [-0.1, -0.05) is 39.0 Å². The number of pyridine rings is 1. The summed E-state index contributed by atoms with van der Waals surface area (Å²) in [7, 11) is 0. The Labute approximate surface area is 127 Å². The van der Waals surface area contributed by atoms with Crippen molar-refractivity contribution in [1.82, 2.24) is 4.98 Å². The number of hydrogen-bond acceptors (Lipinski definition) is 3. The van der Waals surface area contributed by atoms with Crippen molar-refractivity contribution in [3.63, 3.8) is 0 Å². The molecule has 1 N–H and O–H groups in total. The van der Waals surface area contributed by atoms with E-state index >= 15 is 0 Å². The molecule has 0 atom stereocenters. The zero-order valence-corrected chi connectivity index (χ0v) is 13.4. The predicted octanol–water partition coefficient (Wildman–Crippen LogP) is 4.17. The lowest BCUT2D eigenvalue weighted by atomic mass is 9.96. The Balaban J connectivity index is 2.58. The molecule has 0 aliphatic rings. The van der Waals surface area contributed by atoms with Gasteiger partial charge in [0.05, 0.1) is 11.2 Å². The SMILES string of the molecule is CC(C)(C)CNc1c(C#N)c(I)nc2ccccc12. The average molecular weight is 365 g/mol. The van der Waals surface area contributed by atoms with Crippen LogP contribution in [0.15, 0.2) is 24.3 Å². The summed E-state index contributed by atoms with van der Waals surface area (Å²) in [5.74, 6) is 0. The Morgan fingerprint density at radius 3 is 2.63 bits per heavy atom. The lowest BCUT2D eigenvalue weighted by molar-refractivity contribution is 0.443. The van der Waals surface area contributed by atoms with E-state index in [9.17, 15) is 5.26 Å². The van der Waals surface area contributed by atoms with E-state index in [-0.39, 0.29) is 5.41 Å². The molecule has 1 heterocycles. The molecule has 0 bridgehead atoms. The summed E-state index contributed by atoms with van der Waals surface area (Å²) in [4.78, 5) is 4.48. The minimum atomic E-state index is 0.155. The molecule has 19 heavy (non-hydrogen) atoms. The Hall–Kier alpha value is -1.35. The minimum absolute atomic E-state index is 0.155. The largest absolute Gasteiger partial charge is 0.383 e. The van der Waals surface area contributed by atoms with Gasteiger partial charge in [0, 0.05) is 11.9 Å². The third-order valence-electron chi connectivity index (χ3n) is 2.76. The summed E-state index contributed by atoms with van der Waals surface area (Å²) in [6.45, 7) is 7.31. The molecule has 0 fully saturated rings. The lowest BCUT2D eigenvalue weighted by Gasteiger charge is -2.21. The summed E-state index contributed by atoms with van der Waals surface area (Å²) < 4.78 is 0.746. The first-order valence-corrected chi connectivity index (χ1v) is 7.22. The number of aromatic nitrogens is 1. The van der Waals surface area contributed by atoms with Gasteiger partial charge in [-0.05, 0) is 34.1 Å². The maximum absolute atomic E-state index is 9.35. The summed E-state index contributed by atoms with van der Waals surface area (Å²) in [5.41, 5.74) is 2.60. The summed E-state index contributed by atoms with van der Waals surface area (Å²) in [6.07, 6.45) is 0. The Morgan fingerprint density at radius 1 is 1.32 bits per heavy atom.